The zero-order chi connectivity index (χ0) is 10.7. The van der Waals surface area contributed by atoms with Gasteiger partial charge in [-0.3, -0.25) is 9.89 Å². The van der Waals surface area contributed by atoms with Crippen molar-refractivity contribution < 1.29 is 9.90 Å². The van der Waals surface area contributed by atoms with Crippen molar-refractivity contribution in [2.24, 2.45) is 0 Å². The number of hydrogen-bond donors (Lipinski definition) is 2. The van der Waals surface area contributed by atoms with Crippen molar-refractivity contribution in [1.82, 2.24) is 20.2 Å². The molecule has 0 radical (unpaired) electrons. The first-order chi connectivity index (χ1) is 7.27. The fraction of sp³-hybridized carbons (Fsp3) is 0.250. The number of nitrogens with zero attached hydrogens (tertiary/aromatic N) is 3. The molecule has 15 heavy (non-hydrogen) atoms. The zero-order valence-electron chi connectivity index (χ0n) is 7.67. The first-order valence-electron chi connectivity index (χ1n) is 4.26. The summed E-state index contributed by atoms with van der Waals surface area (Å²) in [5.41, 5.74) is 0.669. The van der Waals surface area contributed by atoms with E-state index in [1.54, 1.807) is 6.20 Å². The minimum atomic E-state index is -0.806. The highest BCUT2D eigenvalue weighted by molar-refractivity contribution is 7.99. The van der Waals surface area contributed by atoms with Crippen LogP contribution in [0.5, 0.6) is 0 Å². The summed E-state index contributed by atoms with van der Waals surface area (Å²) in [7, 11) is 0. The summed E-state index contributed by atoms with van der Waals surface area (Å²) in [6.45, 7) is 0. The summed E-state index contributed by atoms with van der Waals surface area (Å²) in [6.07, 6.45) is 3.19. The van der Waals surface area contributed by atoms with E-state index in [9.17, 15) is 4.79 Å². The van der Waals surface area contributed by atoms with Crippen molar-refractivity contribution in [3.63, 3.8) is 0 Å². The van der Waals surface area contributed by atoms with Crippen LogP contribution in [-0.2, 0) is 4.79 Å². The number of aromatic amines is 1. The molecule has 0 aliphatic carbocycles. The molecule has 2 heterocycles. The molecule has 2 N–H and O–H groups in total. The molecule has 0 aliphatic heterocycles. The fourth-order valence-electron chi connectivity index (χ4n) is 1.09. The van der Waals surface area contributed by atoms with Crippen LogP contribution in [0.15, 0.2) is 17.6 Å². The average Bonchev–Trinajstić information content (AvgIpc) is 2.65. The first-order valence-corrected chi connectivity index (χ1v) is 5.24. The van der Waals surface area contributed by atoms with Crippen molar-refractivity contribution >= 4 is 28.8 Å². The lowest BCUT2D eigenvalue weighted by atomic mass is 10.4. The number of thioether (sulfide) groups is 1. The van der Waals surface area contributed by atoms with Gasteiger partial charge in [0.15, 0.2) is 5.65 Å². The van der Waals surface area contributed by atoms with Crippen molar-refractivity contribution in [3.8, 4) is 0 Å². The molecule has 0 saturated heterocycles. The molecule has 0 bridgehead atoms. The van der Waals surface area contributed by atoms with Crippen LogP contribution in [0.25, 0.3) is 11.0 Å². The van der Waals surface area contributed by atoms with Gasteiger partial charge in [0.1, 0.15) is 11.4 Å². The van der Waals surface area contributed by atoms with Gasteiger partial charge in [-0.2, -0.15) is 5.10 Å². The Hall–Kier alpha value is -1.63. The number of fused-ring (bicyclic) bond motifs is 1. The number of aromatic nitrogens is 4. The van der Waals surface area contributed by atoms with Crippen LogP contribution >= 0.6 is 11.8 Å². The van der Waals surface area contributed by atoms with E-state index in [1.165, 1.54) is 18.1 Å². The van der Waals surface area contributed by atoms with E-state index in [-0.39, 0.29) is 6.42 Å². The number of carboxylic acids is 1. The molecule has 0 aliphatic rings. The molecule has 0 unspecified atom stereocenters. The van der Waals surface area contributed by atoms with Gasteiger partial charge in [-0.15, -0.1) is 11.8 Å². The molecule has 0 aromatic carbocycles. The molecule has 6 nitrogen and oxygen atoms in total. The SMILES string of the molecule is O=C(O)CCSc1ncnc2[nH]ncc12. The van der Waals surface area contributed by atoms with E-state index in [0.717, 1.165) is 10.4 Å². The Morgan fingerprint density at radius 3 is 3.20 bits per heavy atom. The third-order valence-corrected chi connectivity index (χ3v) is 2.77. The first kappa shape index (κ1) is 9.91. The number of carboxylic acid groups (broad SMARTS) is 1. The molecule has 2 aromatic heterocycles. The van der Waals surface area contributed by atoms with Crippen molar-refractivity contribution in [1.29, 1.82) is 0 Å². The molecule has 78 valence electrons. The van der Waals surface area contributed by atoms with Gasteiger partial charge in [0.05, 0.1) is 18.0 Å². The fourth-order valence-corrected chi connectivity index (χ4v) is 1.99. The molecule has 0 saturated carbocycles. The van der Waals surface area contributed by atoms with E-state index < -0.39 is 5.97 Å². The summed E-state index contributed by atoms with van der Waals surface area (Å²) in [5, 5.41) is 16.7. The van der Waals surface area contributed by atoms with Crippen LogP contribution in [-0.4, -0.2) is 37.0 Å². The lowest BCUT2D eigenvalue weighted by Crippen LogP contribution is -1.96. The molecular formula is C8H8N4O2S. The van der Waals surface area contributed by atoms with Crippen LogP contribution in [0.3, 0.4) is 0 Å². The van der Waals surface area contributed by atoms with Crippen molar-refractivity contribution in [3.05, 3.63) is 12.5 Å². The molecule has 2 rings (SSSR count). The summed E-state index contributed by atoms with van der Waals surface area (Å²) in [6, 6.07) is 0. The quantitative estimate of drug-likeness (QED) is 0.592. The summed E-state index contributed by atoms with van der Waals surface area (Å²) >= 11 is 1.39. The smallest absolute Gasteiger partial charge is 0.304 e. The van der Waals surface area contributed by atoms with E-state index >= 15 is 0 Å². The van der Waals surface area contributed by atoms with Gasteiger partial charge in [-0.1, -0.05) is 0 Å². The highest BCUT2D eigenvalue weighted by Crippen LogP contribution is 2.23. The standard InChI is InChI=1S/C8H8N4O2S/c13-6(14)1-2-15-8-5-3-11-12-7(5)9-4-10-8/h3-4H,1-2H2,(H,13,14)(H,9,10,11,12). The van der Waals surface area contributed by atoms with Crippen molar-refractivity contribution in [2.45, 2.75) is 11.4 Å². The van der Waals surface area contributed by atoms with Crippen LogP contribution in [0, 0.1) is 0 Å². The Kier molecular flexibility index (Phi) is 2.82. The second-order valence-corrected chi connectivity index (χ2v) is 3.89. The van der Waals surface area contributed by atoms with Crippen LogP contribution in [0.2, 0.25) is 0 Å². The lowest BCUT2D eigenvalue weighted by molar-refractivity contribution is -0.136. The Labute approximate surface area is 89.1 Å². The van der Waals surface area contributed by atoms with E-state index in [0.29, 0.717) is 11.4 Å². The highest BCUT2D eigenvalue weighted by atomic mass is 32.2. The van der Waals surface area contributed by atoms with Gasteiger partial charge in [0, 0.05) is 5.75 Å². The summed E-state index contributed by atoms with van der Waals surface area (Å²) in [4.78, 5) is 18.4. The van der Waals surface area contributed by atoms with Gasteiger partial charge in [0.25, 0.3) is 0 Å². The largest absolute Gasteiger partial charge is 0.481 e. The third-order valence-electron chi connectivity index (χ3n) is 1.77. The number of H-pyrrole nitrogens is 1. The van der Waals surface area contributed by atoms with Crippen LogP contribution in [0.1, 0.15) is 6.42 Å². The maximum atomic E-state index is 10.3. The molecule has 2 aromatic rings. The van der Waals surface area contributed by atoms with E-state index in [1.807, 2.05) is 0 Å². The number of carbonyl (C=O) groups is 1. The average molecular weight is 224 g/mol. The molecular weight excluding hydrogens is 216 g/mol. The van der Waals surface area contributed by atoms with Gasteiger partial charge in [0.2, 0.25) is 0 Å². The number of rotatable bonds is 4. The van der Waals surface area contributed by atoms with Crippen molar-refractivity contribution in [2.75, 3.05) is 5.75 Å². The number of hydrogen-bond acceptors (Lipinski definition) is 5. The Morgan fingerprint density at radius 1 is 1.53 bits per heavy atom. The normalized spacial score (nSPS) is 10.7. The maximum absolute atomic E-state index is 10.3. The second-order valence-electron chi connectivity index (χ2n) is 2.80. The third kappa shape index (κ3) is 2.24. The van der Waals surface area contributed by atoms with Gasteiger partial charge >= 0.3 is 5.97 Å². The molecule has 0 fully saturated rings. The summed E-state index contributed by atoms with van der Waals surface area (Å²) in [5.74, 6) is -0.313. The molecule has 7 heteroatoms. The minimum Gasteiger partial charge on any atom is -0.481 e. The zero-order valence-corrected chi connectivity index (χ0v) is 8.49. The Morgan fingerprint density at radius 2 is 2.40 bits per heavy atom. The Balaban J connectivity index is 2.13. The lowest BCUT2D eigenvalue weighted by Gasteiger charge is -1.98. The predicted molar refractivity (Wildman–Crippen MR) is 54.7 cm³/mol. The maximum Gasteiger partial charge on any atom is 0.304 e. The van der Waals surface area contributed by atoms with E-state index in [4.69, 9.17) is 5.11 Å². The second kappa shape index (κ2) is 4.26. The molecule has 0 atom stereocenters. The number of nitrogens with one attached hydrogen (secondary N) is 1. The van der Waals surface area contributed by atoms with Crippen LogP contribution in [0.4, 0.5) is 0 Å². The minimum absolute atomic E-state index is 0.119. The van der Waals surface area contributed by atoms with Crippen LogP contribution < -0.4 is 0 Å². The van der Waals surface area contributed by atoms with Gasteiger partial charge in [-0.05, 0) is 0 Å². The molecule has 0 spiro atoms. The Bertz CT molecular complexity index is 484. The molecule has 0 amide bonds. The monoisotopic (exact) mass is 224 g/mol. The highest BCUT2D eigenvalue weighted by Gasteiger charge is 2.06. The van der Waals surface area contributed by atoms with E-state index in [2.05, 4.69) is 20.2 Å². The summed E-state index contributed by atoms with van der Waals surface area (Å²) < 4.78 is 0. The number of aliphatic carboxylic acids is 1. The van der Waals surface area contributed by atoms with Gasteiger partial charge in [-0.25, -0.2) is 9.97 Å². The topological polar surface area (TPSA) is 91.8 Å². The predicted octanol–water partition coefficient (Wildman–Crippen LogP) is 0.920. The van der Waals surface area contributed by atoms with Gasteiger partial charge < -0.3 is 5.11 Å².